The number of amides is 5. The zero-order chi connectivity index (χ0) is 47.2. The molecule has 0 bridgehead atoms. The summed E-state index contributed by atoms with van der Waals surface area (Å²) in [5.74, 6) is -1.78. The Labute approximate surface area is 388 Å². The summed E-state index contributed by atoms with van der Waals surface area (Å²) >= 11 is 1.37. The van der Waals surface area contributed by atoms with E-state index in [-0.39, 0.29) is 71.9 Å². The van der Waals surface area contributed by atoms with Gasteiger partial charge in [0.25, 0.3) is 11.8 Å². The molecule has 8 rings (SSSR count). The van der Waals surface area contributed by atoms with Crippen LogP contribution in [0.15, 0.2) is 59.8 Å². The van der Waals surface area contributed by atoms with Crippen LogP contribution in [0.1, 0.15) is 64.8 Å². The fourth-order valence-corrected chi connectivity index (χ4v) is 9.25. The molecule has 6 heterocycles. The minimum absolute atomic E-state index is 0.0213. The van der Waals surface area contributed by atoms with Crippen LogP contribution < -0.4 is 10.6 Å². The maximum Gasteiger partial charge on any atom is 0.263 e. The van der Waals surface area contributed by atoms with E-state index in [0.29, 0.717) is 87.0 Å². The number of rotatable bonds is 19. The fraction of sp³-hybridized carbons (Fsp3) is 0.413. The van der Waals surface area contributed by atoms with E-state index in [1.54, 1.807) is 48.4 Å². The molecule has 3 aliphatic rings. The lowest BCUT2D eigenvalue weighted by Crippen LogP contribution is -2.54. The maximum absolute atomic E-state index is 15.1. The van der Waals surface area contributed by atoms with Crippen LogP contribution in [-0.2, 0) is 35.1 Å². The molecule has 1 unspecified atom stereocenters. The minimum atomic E-state index is -1.02. The van der Waals surface area contributed by atoms with E-state index in [4.69, 9.17) is 14.2 Å². The highest BCUT2D eigenvalue weighted by atomic mass is 32.2. The molecular formula is C46H50F2N10O8S. The predicted octanol–water partition coefficient (Wildman–Crippen LogP) is 4.69. The molecule has 2 N–H and O–H groups in total. The van der Waals surface area contributed by atoms with Gasteiger partial charge in [-0.2, -0.15) is 0 Å². The van der Waals surface area contributed by atoms with Crippen LogP contribution in [0.4, 0.5) is 20.5 Å². The number of hydrogen-bond acceptors (Lipinski definition) is 15. The Kier molecular flexibility index (Phi) is 14.9. The molecule has 18 nitrogen and oxygen atoms in total. The number of hydrogen-bond donors (Lipinski definition) is 2. The molecule has 0 aliphatic carbocycles. The number of carbonyl (C=O) groups is 5. The molecule has 3 aliphatic heterocycles. The van der Waals surface area contributed by atoms with Crippen molar-refractivity contribution in [1.82, 2.24) is 44.5 Å². The number of nitrogens with one attached hydrogen (secondary N) is 2. The summed E-state index contributed by atoms with van der Waals surface area (Å²) in [5, 5.41) is 5.22. The molecule has 3 aromatic heterocycles. The number of nitrogens with zero attached hydrogens (tertiary/aromatic N) is 8. The molecule has 0 spiro atoms. The zero-order valence-corrected chi connectivity index (χ0v) is 38.1. The second kappa shape index (κ2) is 21.1. The number of fused-ring (bicyclic) bond motifs is 2. The van der Waals surface area contributed by atoms with Crippen molar-refractivity contribution in [2.45, 2.75) is 57.1 Å². The highest BCUT2D eigenvalue weighted by molar-refractivity contribution is 7.99. The van der Waals surface area contributed by atoms with Crippen molar-refractivity contribution < 1.29 is 47.0 Å². The molecule has 1 atom stereocenters. The van der Waals surface area contributed by atoms with Gasteiger partial charge in [-0.1, -0.05) is 12.1 Å². The molecule has 0 saturated carbocycles. The van der Waals surface area contributed by atoms with Gasteiger partial charge in [-0.3, -0.25) is 39.1 Å². The van der Waals surface area contributed by atoms with Crippen LogP contribution in [0.3, 0.4) is 0 Å². The molecule has 2 aromatic carbocycles. The summed E-state index contributed by atoms with van der Waals surface area (Å²) in [5.41, 5.74) is 2.45. The first-order valence-corrected chi connectivity index (χ1v) is 23.0. The number of aryl methyl sites for hydroxylation is 1. The molecule has 0 radical (unpaired) electrons. The van der Waals surface area contributed by atoms with Crippen LogP contribution in [-0.4, -0.2) is 146 Å². The summed E-state index contributed by atoms with van der Waals surface area (Å²) in [6.07, 6.45) is 2.93. The number of thioether (sulfide) groups is 1. The van der Waals surface area contributed by atoms with Gasteiger partial charge in [0.2, 0.25) is 23.7 Å². The van der Waals surface area contributed by atoms with Crippen molar-refractivity contribution in [1.29, 1.82) is 0 Å². The van der Waals surface area contributed by atoms with E-state index in [1.807, 2.05) is 24.5 Å². The average molecular weight is 941 g/mol. The number of imidazole rings is 1. The van der Waals surface area contributed by atoms with Crippen molar-refractivity contribution in [3.63, 3.8) is 0 Å². The van der Waals surface area contributed by atoms with Crippen LogP contribution in [0.25, 0.3) is 22.3 Å². The van der Waals surface area contributed by atoms with Gasteiger partial charge in [-0.25, -0.2) is 28.7 Å². The van der Waals surface area contributed by atoms with Gasteiger partial charge in [0.05, 0.1) is 55.9 Å². The van der Waals surface area contributed by atoms with Gasteiger partial charge in [0, 0.05) is 67.6 Å². The Morgan fingerprint density at radius 3 is 2.39 bits per heavy atom. The Balaban J connectivity index is 0.690. The van der Waals surface area contributed by atoms with Crippen molar-refractivity contribution >= 4 is 64.1 Å². The van der Waals surface area contributed by atoms with Crippen LogP contribution >= 0.6 is 11.8 Å². The first kappa shape index (κ1) is 47.2. The van der Waals surface area contributed by atoms with Crippen molar-refractivity contribution in [2.24, 2.45) is 0 Å². The van der Waals surface area contributed by atoms with Gasteiger partial charge < -0.3 is 29.0 Å². The smallest absolute Gasteiger partial charge is 0.263 e. The van der Waals surface area contributed by atoms with E-state index in [9.17, 15) is 24.0 Å². The van der Waals surface area contributed by atoms with E-state index in [1.165, 1.54) is 17.8 Å². The number of benzene rings is 2. The Morgan fingerprint density at radius 1 is 0.896 bits per heavy atom. The number of piperidine rings is 1. The molecule has 352 valence electrons. The first-order chi connectivity index (χ1) is 32.4. The Morgan fingerprint density at radius 2 is 1.66 bits per heavy atom. The van der Waals surface area contributed by atoms with Gasteiger partial charge in [0.15, 0.2) is 11.6 Å². The predicted molar refractivity (Wildman–Crippen MR) is 241 cm³/mol. The SMILES string of the molecule is Cc1nc2c(F)cc(-c3nc(Nc4ccc(CN5CCN(C(=O)COCCOCCOCCSc6cccc7c6C(=O)N(C6CCC(=O)NC6=O)C7=O)CC5)cn4)ncc3F)cc2n1C(C)C. The topological polar surface area (TPSA) is 203 Å². The molecule has 2 saturated heterocycles. The largest absolute Gasteiger partial charge is 0.378 e. The highest BCUT2D eigenvalue weighted by Crippen LogP contribution is 2.35. The van der Waals surface area contributed by atoms with Gasteiger partial charge in [0.1, 0.15) is 35.5 Å². The number of piperazine rings is 1. The van der Waals surface area contributed by atoms with Crippen molar-refractivity contribution in [3.8, 4) is 11.3 Å². The van der Waals surface area contributed by atoms with E-state index in [0.717, 1.165) is 16.7 Å². The second-order valence-corrected chi connectivity index (χ2v) is 17.6. The third-order valence-corrected chi connectivity index (χ3v) is 12.6. The number of imide groups is 2. The maximum atomic E-state index is 15.1. The summed E-state index contributed by atoms with van der Waals surface area (Å²) in [6.45, 7) is 10.4. The van der Waals surface area contributed by atoms with Crippen LogP contribution in [0.2, 0.25) is 0 Å². The standard InChI is InChI=1S/C46H50F2N10O8S/c1-27(2)57-28(3)51-42-32(47)21-30(22-35(42)57)41-33(48)24-50-46(54-41)52-37-9-7-29(23-49-37)25-55-11-13-56(14-12-55)39(60)26-66-18-17-64-15-16-65-19-20-67-36-6-4-5-31-40(36)45(63)58(44(31)62)34-8-10-38(59)53-43(34)61/h4-7,9,21-24,27,34H,8,10-20,25-26H2,1-3H3,(H,53,59,61)(H,49,50,52,54). The van der Waals surface area contributed by atoms with Crippen molar-refractivity contribution in [2.75, 3.05) is 76.9 Å². The quantitative estimate of drug-likeness (QED) is 0.0656. The lowest BCUT2D eigenvalue weighted by atomic mass is 10.0. The average Bonchev–Trinajstić information content (AvgIpc) is 3.79. The van der Waals surface area contributed by atoms with E-state index < -0.39 is 41.3 Å². The normalized spacial score (nSPS) is 16.7. The first-order valence-electron chi connectivity index (χ1n) is 22.0. The highest BCUT2D eigenvalue weighted by Gasteiger charge is 2.45. The zero-order valence-electron chi connectivity index (χ0n) is 37.3. The summed E-state index contributed by atoms with van der Waals surface area (Å²) < 4.78 is 48.9. The molecule has 5 amide bonds. The summed E-state index contributed by atoms with van der Waals surface area (Å²) in [7, 11) is 0. The number of halogens is 2. The monoisotopic (exact) mass is 940 g/mol. The molecule has 67 heavy (non-hydrogen) atoms. The molecule has 21 heteroatoms. The number of anilines is 2. The van der Waals surface area contributed by atoms with Gasteiger partial charge in [-0.15, -0.1) is 11.8 Å². The lowest BCUT2D eigenvalue weighted by molar-refractivity contribution is -0.138. The number of ether oxygens (including phenoxy) is 3. The molecule has 5 aromatic rings. The minimum Gasteiger partial charge on any atom is -0.378 e. The third kappa shape index (κ3) is 10.8. The van der Waals surface area contributed by atoms with E-state index >= 15 is 8.78 Å². The van der Waals surface area contributed by atoms with Gasteiger partial charge in [-0.05, 0) is 63.1 Å². The summed E-state index contributed by atoms with van der Waals surface area (Å²) in [6, 6.07) is 10.6. The van der Waals surface area contributed by atoms with Crippen LogP contribution in [0.5, 0.6) is 0 Å². The Bertz CT molecular complexity index is 2680. The van der Waals surface area contributed by atoms with Gasteiger partial charge >= 0.3 is 0 Å². The lowest BCUT2D eigenvalue weighted by Gasteiger charge is -2.34. The third-order valence-electron chi connectivity index (χ3n) is 11.5. The fourth-order valence-electron chi connectivity index (χ4n) is 8.31. The Hall–Kier alpha value is -6.26. The molecular weight excluding hydrogens is 891 g/mol. The number of carbonyl (C=O) groups excluding carboxylic acids is 5. The number of pyridine rings is 1. The molecule has 2 fully saturated rings. The van der Waals surface area contributed by atoms with E-state index in [2.05, 4.69) is 35.5 Å². The second-order valence-electron chi connectivity index (χ2n) is 16.4. The summed E-state index contributed by atoms with van der Waals surface area (Å²) in [4.78, 5) is 86.0. The van der Waals surface area contributed by atoms with Crippen molar-refractivity contribution in [3.05, 3.63) is 89.0 Å². The van der Waals surface area contributed by atoms with Crippen LogP contribution in [0, 0.1) is 18.6 Å². The number of aromatic nitrogens is 5.